The number of rotatable bonds is 9. The summed E-state index contributed by atoms with van der Waals surface area (Å²) in [6, 6.07) is 1.03. The lowest BCUT2D eigenvalue weighted by molar-refractivity contribution is 0.0561. The molecule has 6 rings (SSSR count). The number of imidazole rings is 1. The van der Waals surface area contributed by atoms with Gasteiger partial charge in [0.1, 0.15) is 11.1 Å². The Bertz CT molecular complexity index is 1640. The Hall–Kier alpha value is -3.02. The van der Waals surface area contributed by atoms with Gasteiger partial charge in [-0.3, -0.25) is 9.30 Å². The van der Waals surface area contributed by atoms with Gasteiger partial charge in [-0.05, 0) is 39.7 Å². The van der Waals surface area contributed by atoms with Crippen molar-refractivity contribution in [2.24, 2.45) is 0 Å². The van der Waals surface area contributed by atoms with Crippen molar-refractivity contribution in [2.45, 2.75) is 68.7 Å². The standard InChI is InChI=1S/C27H36F3N9O3S2/c1-16-11-37(12-17(2)39(16)26(40)35(4)7-8-36-13-18(28)14-36)20-9-19(44(41,42)34-27(3)5-6-27)15-38-21(20)10-31-23(38)25-33-32-24(43-25)22(29)30/h9-10,15-18,22,34H,5-8,11-14H2,1-4H3/t16-,17-/m0/s1. The fourth-order valence-corrected chi connectivity index (χ4v) is 8.04. The van der Waals surface area contributed by atoms with Gasteiger partial charge in [0, 0.05) is 70.1 Å². The summed E-state index contributed by atoms with van der Waals surface area (Å²) in [5, 5.41) is 7.17. The Balaban J connectivity index is 1.30. The van der Waals surface area contributed by atoms with E-state index in [9.17, 15) is 26.4 Å². The first-order valence-corrected chi connectivity index (χ1v) is 16.9. The highest BCUT2D eigenvalue weighted by molar-refractivity contribution is 7.89. The lowest BCUT2D eigenvalue weighted by Gasteiger charge is -2.46. The second-order valence-electron chi connectivity index (χ2n) is 12.4. The topological polar surface area (TPSA) is 119 Å². The third-order valence-corrected chi connectivity index (χ3v) is 11.1. The molecule has 3 fully saturated rings. The lowest BCUT2D eigenvalue weighted by atomic mass is 10.1. The largest absolute Gasteiger partial charge is 0.366 e. The van der Waals surface area contributed by atoms with Gasteiger partial charge in [-0.25, -0.2) is 36.1 Å². The molecule has 0 bridgehead atoms. The zero-order chi connectivity index (χ0) is 31.6. The minimum atomic E-state index is -3.95. The fraction of sp³-hybridized carbons (Fsp3) is 0.630. The van der Waals surface area contributed by atoms with Gasteiger partial charge >= 0.3 is 6.03 Å². The Morgan fingerprint density at radius 3 is 2.45 bits per heavy atom. The highest BCUT2D eigenvalue weighted by Crippen LogP contribution is 2.38. The molecule has 1 saturated carbocycles. The lowest BCUT2D eigenvalue weighted by Crippen LogP contribution is -2.61. The van der Waals surface area contributed by atoms with Crippen LogP contribution in [-0.2, 0) is 10.0 Å². The number of likely N-dealkylation sites (tertiary alicyclic amines) is 1. The number of carbonyl (C=O) groups excluding carboxylic acids is 1. The number of likely N-dealkylation sites (N-methyl/N-ethyl adjacent to an activating group) is 1. The predicted octanol–water partition coefficient (Wildman–Crippen LogP) is 3.23. The molecule has 5 heterocycles. The maximum Gasteiger partial charge on any atom is 0.320 e. The Morgan fingerprint density at radius 1 is 1.18 bits per heavy atom. The molecule has 3 aliphatic rings. The number of hydrogen-bond donors (Lipinski definition) is 1. The van der Waals surface area contributed by atoms with E-state index in [4.69, 9.17) is 0 Å². The zero-order valence-corrected chi connectivity index (χ0v) is 26.6. The minimum Gasteiger partial charge on any atom is -0.366 e. The van der Waals surface area contributed by atoms with E-state index in [2.05, 4.69) is 19.9 Å². The number of anilines is 1. The molecule has 17 heteroatoms. The summed E-state index contributed by atoms with van der Waals surface area (Å²) in [5.74, 6) is 0.207. The molecule has 0 aromatic carbocycles. The molecule has 44 heavy (non-hydrogen) atoms. The van der Waals surface area contributed by atoms with Crippen molar-refractivity contribution >= 4 is 38.6 Å². The number of alkyl halides is 3. The summed E-state index contributed by atoms with van der Waals surface area (Å²) in [6.07, 6.45) is 0.875. The minimum absolute atomic E-state index is 0.00558. The van der Waals surface area contributed by atoms with E-state index in [0.717, 1.165) is 12.8 Å². The van der Waals surface area contributed by atoms with E-state index in [-0.39, 0.29) is 33.8 Å². The van der Waals surface area contributed by atoms with Crippen LogP contribution in [-0.4, -0.2) is 119 Å². The third kappa shape index (κ3) is 5.98. The molecule has 2 amide bonds. The van der Waals surface area contributed by atoms with E-state index in [1.54, 1.807) is 28.6 Å². The zero-order valence-electron chi connectivity index (χ0n) is 25.0. The van der Waals surface area contributed by atoms with E-state index < -0.39 is 33.2 Å². The molecular weight excluding hydrogens is 619 g/mol. The molecule has 3 aromatic heterocycles. The molecule has 0 radical (unpaired) electrons. The number of halogens is 3. The summed E-state index contributed by atoms with van der Waals surface area (Å²) in [6.45, 7) is 8.45. The van der Waals surface area contributed by atoms with E-state index in [1.165, 1.54) is 6.20 Å². The van der Waals surface area contributed by atoms with Gasteiger partial charge in [0.05, 0.1) is 17.4 Å². The van der Waals surface area contributed by atoms with Gasteiger partial charge in [0.25, 0.3) is 6.43 Å². The van der Waals surface area contributed by atoms with Crippen LogP contribution in [0.5, 0.6) is 0 Å². The number of hydrogen-bond acceptors (Lipinski definition) is 9. The van der Waals surface area contributed by atoms with Crippen LogP contribution in [0.15, 0.2) is 23.4 Å². The van der Waals surface area contributed by atoms with Crippen LogP contribution in [0.25, 0.3) is 16.3 Å². The maximum atomic E-state index is 13.6. The van der Waals surface area contributed by atoms with E-state index >= 15 is 0 Å². The number of nitrogens with zero attached hydrogens (tertiary/aromatic N) is 8. The summed E-state index contributed by atoms with van der Waals surface area (Å²) in [7, 11) is -2.20. The quantitative estimate of drug-likeness (QED) is 0.374. The summed E-state index contributed by atoms with van der Waals surface area (Å²) < 4.78 is 71.2. The second kappa shape index (κ2) is 11.4. The molecule has 3 aromatic rings. The number of carbonyl (C=O) groups is 1. The van der Waals surface area contributed by atoms with Crippen molar-refractivity contribution in [3.63, 3.8) is 0 Å². The molecule has 0 unspecified atom stereocenters. The molecule has 2 atom stereocenters. The van der Waals surface area contributed by atoms with Gasteiger partial charge in [-0.1, -0.05) is 11.3 Å². The Labute approximate surface area is 257 Å². The van der Waals surface area contributed by atoms with Crippen molar-refractivity contribution in [2.75, 3.05) is 51.2 Å². The third-order valence-electron chi connectivity index (χ3n) is 8.58. The summed E-state index contributed by atoms with van der Waals surface area (Å²) in [5.41, 5.74) is 0.646. The Kier molecular flexibility index (Phi) is 8.03. The number of fused-ring (bicyclic) bond motifs is 1. The van der Waals surface area contributed by atoms with Gasteiger partial charge in [0.15, 0.2) is 15.8 Å². The number of aromatic nitrogens is 4. The first kappa shape index (κ1) is 31.0. The summed E-state index contributed by atoms with van der Waals surface area (Å²) >= 11 is 0.701. The van der Waals surface area contributed by atoms with Crippen LogP contribution in [0.1, 0.15) is 45.0 Å². The molecular formula is C27H36F3N9O3S2. The van der Waals surface area contributed by atoms with E-state index in [1.807, 2.05) is 35.5 Å². The number of nitrogens with one attached hydrogen (secondary N) is 1. The molecule has 240 valence electrons. The van der Waals surface area contributed by atoms with Crippen molar-refractivity contribution in [3.8, 4) is 10.8 Å². The average Bonchev–Trinajstić information content (AvgIpc) is 3.30. The van der Waals surface area contributed by atoms with Crippen molar-refractivity contribution in [1.29, 1.82) is 0 Å². The van der Waals surface area contributed by atoms with Crippen LogP contribution >= 0.6 is 11.3 Å². The predicted molar refractivity (Wildman–Crippen MR) is 159 cm³/mol. The number of piperazine rings is 1. The summed E-state index contributed by atoms with van der Waals surface area (Å²) in [4.78, 5) is 25.4. The molecule has 0 spiro atoms. The maximum absolute atomic E-state index is 13.6. The van der Waals surface area contributed by atoms with Crippen molar-refractivity contribution in [3.05, 3.63) is 23.5 Å². The van der Waals surface area contributed by atoms with Crippen molar-refractivity contribution < 1.29 is 26.4 Å². The highest BCUT2D eigenvalue weighted by Gasteiger charge is 2.42. The highest BCUT2D eigenvalue weighted by atomic mass is 32.2. The first-order valence-electron chi connectivity index (χ1n) is 14.6. The number of urea groups is 1. The van der Waals surface area contributed by atoms with E-state index in [0.29, 0.717) is 61.8 Å². The smallest absolute Gasteiger partial charge is 0.320 e. The Morgan fingerprint density at radius 2 is 1.86 bits per heavy atom. The normalized spacial score (nSPS) is 22.5. The van der Waals surface area contributed by atoms with Gasteiger partial charge in [0.2, 0.25) is 10.0 Å². The first-order chi connectivity index (χ1) is 20.7. The van der Waals surface area contributed by atoms with Crippen LogP contribution in [0, 0.1) is 0 Å². The van der Waals surface area contributed by atoms with Gasteiger partial charge < -0.3 is 14.7 Å². The van der Waals surface area contributed by atoms with Gasteiger partial charge in [-0.2, -0.15) is 0 Å². The molecule has 1 N–H and O–H groups in total. The number of sulfonamides is 1. The van der Waals surface area contributed by atoms with Gasteiger partial charge in [-0.15, -0.1) is 10.2 Å². The van der Waals surface area contributed by atoms with Crippen LogP contribution in [0.3, 0.4) is 0 Å². The monoisotopic (exact) mass is 655 g/mol. The molecule has 2 saturated heterocycles. The average molecular weight is 656 g/mol. The molecule has 2 aliphatic heterocycles. The SMILES string of the molecule is C[C@H]1CN(c2cc(S(=O)(=O)NC3(C)CC3)cn3c(-c4nnc(C(F)F)s4)ncc23)C[C@H](C)N1C(=O)N(C)CCN1CC(F)C1. The van der Waals surface area contributed by atoms with Crippen molar-refractivity contribution in [1.82, 2.24) is 39.0 Å². The molecule has 12 nitrogen and oxygen atoms in total. The second-order valence-corrected chi connectivity index (χ2v) is 15.1. The number of amides is 2. The fourth-order valence-electron chi connectivity index (χ4n) is 5.87. The number of pyridine rings is 1. The molecule has 1 aliphatic carbocycles. The van der Waals surface area contributed by atoms with Crippen LogP contribution < -0.4 is 9.62 Å². The van der Waals surface area contributed by atoms with Crippen LogP contribution in [0.4, 0.5) is 23.7 Å². The van der Waals surface area contributed by atoms with Crippen LogP contribution in [0.2, 0.25) is 0 Å².